The maximum absolute atomic E-state index is 12.1. The molecule has 5 aliphatic heterocycles. The lowest BCUT2D eigenvalue weighted by Crippen LogP contribution is -2.66. The third-order valence-electron chi connectivity index (χ3n) is 19.3. The molecule has 5 saturated heterocycles. The number of aliphatic hydroxyl groups excluding tert-OH is 12. The van der Waals surface area contributed by atoms with E-state index in [1.54, 1.807) is 0 Å². The minimum atomic E-state index is -1.72. The highest BCUT2D eigenvalue weighted by Gasteiger charge is 2.68. The summed E-state index contributed by atoms with van der Waals surface area (Å²) in [7, 11) is 0. The van der Waals surface area contributed by atoms with Crippen LogP contribution >= 0.6 is 0 Å². The molecule has 4 aliphatic carbocycles. The van der Waals surface area contributed by atoms with E-state index < -0.39 is 130 Å². The first-order valence-electron chi connectivity index (χ1n) is 26.2. The van der Waals surface area contributed by atoms with Crippen LogP contribution in [0.4, 0.5) is 0 Å². The lowest BCUT2D eigenvalue weighted by molar-refractivity contribution is -0.382. The van der Waals surface area contributed by atoms with Crippen molar-refractivity contribution < 1.29 is 109 Å². The van der Waals surface area contributed by atoms with E-state index in [1.165, 1.54) is 0 Å². The van der Waals surface area contributed by atoms with Gasteiger partial charge in [0, 0.05) is 12.3 Å². The highest BCUT2D eigenvalue weighted by atomic mass is 16.8. The molecule has 0 aromatic carbocycles. The molecular weight excluding hydrogens is 941 g/mol. The SMILES string of the molecule is CC(CC[C@@]1(O)O[C@H]2C[C@H]3[C@@H]4CC[C@@H]5C[C@@H](O[C@@H]6O[C@H](CO)[C@@H](O[C@@H]7OC[C@@H](O)[C@H](O)[C@H]7O)[C@H](O)[C@H]6O[C@@H]6OC[C@@H](O)[C@H](O)[C@H]6O)CC[C@]5(C)[C@H]4CC[C@]3(C)[C@H]2[C@@H]1C)CO[C@@H]1O[C@H](CO)[C@@H](O)[C@H](O)[C@H]1O. The maximum Gasteiger partial charge on any atom is 0.187 e. The predicted octanol–water partition coefficient (Wildman–Crippen LogP) is -2.68. The summed E-state index contributed by atoms with van der Waals surface area (Å²) < 4.78 is 54.0. The largest absolute Gasteiger partial charge is 0.394 e. The van der Waals surface area contributed by atoms with Gasteiger partial charge < -0.3 is 109 Å². The van der Waals surface area contributed by atoms with Crippen molar-refractivity contribution in [1.29, 1.82) is 0 Å². The van der Waals surface area contributed by atoms with Crippen LogP contribution in [0.3, 0.4) is 0 Å². The zero-order valence-electron chi connectivity index (χ0n) is 41.2. The highest BCUT2D eigenvalue weighted by molar-refractivity contribution is 5.15. The minimum absolute atomic E-state index is 0.00817. The molecule has 30 atom stereocenters. The van der Waals surface area contributed by atoms with Crippen LogP contribution in [0.5, 0.6) is 0 Å². The molecule has 13 N–H and O–H groups in total. The second kappa shape index (κ2) is 21.5. The molecule has 0 aromatic heterocycles. The normalized spacial score (nSPS) is 55.7. The van der Waals surface area contributed by atoms with E-state index in [9.17, 15) is 66.4 Å². The summed E-state index contributed by atoms with van der Waals surface area (Å²) in [6, 6.07) is 0. The van der Waals surface area contributed by atoms with Gasteiger partial charge in [0.1, 0.15) is 85.5 Å². The van der Waals surface area contributed by atoms with Crippen molar-refractivity contribution in [3.8, 4) is 0 Å². The van der Waals surface area contributed by atoms with Crippen LogP contribution in [0.15, 0.2) is 0 Å². The van der Waals surface area contributed by atoms with E-state index in [4.69, 9.17) is 42.6 Å². The third-order valence-corrected chi connectivity index (χ3v) is 19.3. The van der Waals surface area contributed by atoms with Crippen molar-refractivity contribution in [2.45, 2.75) is 221 Å². The van der Waals surface area contributed by atoms with E-state index in [2.05, 4.69) is 20.8 Å². The second-order valence-corrected chi connectivity index (χ2v) is 23.4. The monoisotopic (exact) mass is 1020 g/mol. The third kappa shape index (κ3) is 10.0. The first kappa shape index (κ1) is 54.9. The number of hydrogen-bond donors (Lipinski definition) is 13. The molecule has 0 radical (unpaired) electrons. The summed E-state index contributed by atoms with van der Waals surface area (Å²) in [4.78, 5) is 0. The standard InChI is InChI=1S/C49H82O22/c1-20(17-63-43-39(60)36(57)35(56)30(15-50)67-43)7-12-49(62)21(2)32-29(71-49)14-26-24-6-5-22-13-23(8-10-47(22,3)25(24)9-11-48(26,32)4)66-46-42(70-45-38(59)34(55)28(53)19-65-45)40(61)41(31(16-51)68-46)69-44-37(58)33(54)27(52)18-64-44/h20-46,50-62H,5-19H2,1-4H3/t20?,21-,22+,23-,24+,25-,26-,27+,28+,29-,30+,31+,32-,33-,34-,35+,36-,37+,38+,39+,40-,41+,42+,43+,44-,45-,46+,47-,48-,49+/m0/s1. The molecule has 22 nitrogen and oxygen atoms in total. The Bertz CT molecular complexity index is 1770. The van der Waals surface area contributed by atoms with Crippen LogP contribution in [0, 0.1) is 52.3 Å². The molecule has 1 unspecified atom stereocenters. The summed E-state index contributed by atoms with van der Waals surface area (Å²) in [5.41, 5.74) is -0.0175. The Hall–Kier alpha value is -0.880. The van der Waals surface area contributed by atoms with E-state index in [0.29, 0.717) is 49.4 Å². The molecule has 9 aliphatic rings. The Balaban J connectivity index is 0.821. The minimum Gasteiger partial charge on any atom is -0.394 e. The first-order chi connectivity index (χ1) is 33.6. The zero-order valence-corrected chi connectivity index (χ0v) is 41.2. The summed E-state index contributed by atoms with van der Waals surface area (Å²) in [6.45, 7) is 7.09. The van der Waals surface area contributed by atoms with Crippen LogP contribution < -0.4 is 0 Å². The van der Waals surface area contributed by atoms with Crippen molar-refractivity contribution >= 4 is 0 Å². The van der Waals surface area contributed by atoms with E-state index in [-0.39, 0.29) is 60.6 Å². The Morgan fingerprint density at radius 3 is 1.86 bits per heavy atom. The smallest absolute Gasteiger partial charge is 0.187 e. The van der Waals surface area contributed by atoms with Crippen molar-refractivity contribution in [3.05, 3.63) is 0 Å². The number of ether oxygens (including phenoxy) is 9. The van der Waals surface area contributed by atoms with Gasteiger partial charge in [0.15, 0.2) is 30.9 Å². The average Bonchev–Trinajstić information content (AvgIpc) is 3.79. The molecule has 0 bridgehead atoms. The quantitative estimate of drug-likeness (QED) is 0.0789. The van der Waals surface area contributed by atoms with Gasteiger partial charge in [-0.05, 0) is 104 Å². The van der Waals surface area contributed by atoms with Gasteiger partial charge in [-0.15, -0.1) is 0 Å². The molecule has 4 saturated carbocycles. The van der Waals surface area contributed by atoms with Crippen molar-refractivity contribution in [1.82, 2.24) is 0 Å². The molecule has 0 amide bonds. The molecular formula is C49H82O22. The number of aliphatic hydroxyl groups is 13. The van der Waals surface area contributed by atoms with Crippen molar-refractivity contribution in [2.24, 2.45) is 52.3 Å². The van der Waals surface area contributed by atoms with Gasteiger partial charge >= 0.3 is 0 Å². The summed E-state index contributed by atoms with van der Waals surface area (Å²) in [6.07, 6.45) is -18.8. The summed E-state index contributed by atoms with van der Waals surface area (Å²) in [5, 5.41) is 137. The summed E-state index contributed by atoms with van der Waals surface area (Å²) >= 11 is 0. The van der Waals surface area contributed by atoms with Gasteiger partial charge in [-0.2, -0.15) is 0 Å². The Morgan fingerprint density at radius 1 is 0.606 bits per heavy atom. The van der Waals surface area contributed by atoms with Crippen LogP contribution in [-0.4, -0.2) is 228 Å². The lowest BCUT2D eigenvalue weighted by atomic mass is 9.44. The number of fused-ring (bicyclic) bond motifs is 7. The van der Waals surface area contributed by atoms with Crippen molar-refractivity contribution in [2.75, 3.05) is 33.0 Å². The van der Waals surface area contributed by atoms with Gasteiger partial charge in [0.2, 0.25) is 0 Å². The Kier molecular flexibility index (Phi) is 16.6. The first-order valence-corrected chi connectivity index (χ1v) is 26.2. The van der Waals surface area contributed by atoms with Gasteiger partial charge in [0.05, 0.1) is 45.2 Å². The topological polar surface area (TPSA) is 346 Å². The molecule has 5 heterocycles. The fourth-order valence-corrected chi connectivity index (χ4v) is 15.1. The predicted molar refractivity (Wildman–Crippen MR) is 240 cm³/mol. The van der Waals surface area contributed by atoms with Gasteiger partial charge in [-0.25, -0.2) is 0 Å². The molecule has 71 heavy (non-hydrogen) atoms. The highest BCUT2D eigenvalue weighted by Crippen LogP contribution is 2.71. The van der Waals surface area contributed by atoms with Crippen LogP contribution in [0.2, 0.25) is 0 Å². The lowest BCUT2D eigenvalue weighted by Gasteiger charge is -2.61. The van der Waals surface area contributed by atoms with Gasteiger partial charge in [0.25, 0.3) is 0 Å². The average molecular weight is 1020 g/mol. The molecule has 9 fully saturated rings. The molecule has 0 spiro atoms. The summed E-state index contributed by atoms with van der Waals surface area (Å²) in [5.74, 6) is 0.330. The Labute approximate surface area is 414 Å². The number of rotatable bonds is 14. The van der Waals surface area contributed by atoms with Crippen LogP contribution in [0.1, 0.15) is 91.9 Å². The molecule has 410 valence electrons. The molecule has 9 rings (SSSR count). The molecule has 22 heteroatoms. The maximum atomic E-state index is 12.1. The fraction of sp³-hybridized carbons (Fsp3) is 1.00. The Morgan fingerprint density at radius 2 is 1.21 bits per heavy atom. The second-order valence-electron chi connectivity index (χ2n) is 23.4. The fourth-order valence-electron chi connectivity index (χ4n) is 15.1. The van der Waals surface area contributed by atoms with E-state index in [0.717, 1.165) is 38.5 Å². The van der Waals surface area contributed by atoms with Gasteiger partial charge in [-0.3, -0.25) is 0 Å². The zero-order chi connectivity index (χ0) is 51.1. The molecule has 0 aromatic rings. The van der Waals surface area contributed by atoms with Crippen LogP contribution in [0.25, 0.3) is 0 Å². The van der Waals surface area contributed by atoms with E-state index >= 15 is 0 Å². The number of hydrogen-bond acceptors (Lipinski definition) is 22. The van der Waals surface area contributed by atoms with Crippen LogP contribution in [-0.2, 0) is 42.6 Å². The van der Waals surface area contributed by atoms with Crippen molar-refractivity contribution in [3.63, 3.8) is 0 Å². The van der Waals surface area contributed by atoms with E-state index in [1.807, 2.05) is 6.92 Å². The van der Waals surface area contributed by atoms with Gasteiger partial charge in [-0.1, -0.05) is 27.7 Å².